The van der Waals surface area contributed by atoms with Gasteiger partial charge in [0, 0.05) is 42.3 Å². The molecule has 3 aromatic rings. The molecule has 33 heavy (non-hydrogen) atoms. The van der Waals surface area contributed by atoms with Crippen molar-refractivity contribution in [2.45, 2.75) is 20.0 Å². The summed E-state index contributed by atoms with van der Waals surface area (Å²) in [6, 6.07) is 15.7. The van der Waals surface area contributed by atoms with Crippen LogP contribution in [0.25, 0.3) is 6.08 Å². The molecule has 6 nitrogen and oxygen atoms in total. The van der Waals surface area contributed by atoms with Gasteiger partial charge >= 0.3 is 0 Å². The number of para-hydroxylation sites is 1. The number of anilines is 1. The van der Waals surface area contributed by atoms with Crippen LogP contribution in [0.5, 0.6) is 5.75 Å². The van der Waals surface area contributed by atoms with Crippen molar-refractivity contribution >= 4 is 29.0 Å². The maximum absolute atomic E-state index is 12.4. The molecule has 0 saturated carbocycles. The molecule has 2 heterocycles. The molecule has 1 amide bonds. The second-order valence-electron chi connectivity index (χ2n) is 7.91. The van der Waals surface area contributed by atoms with Crippen molar-refractivity contribution in [1.82, 2.24) is 9.88 Å². The molecule has 0 spiro atoms. The van der Waals surface area contributed by atoms with Gasteiger partial charge in [-0.1, -0.05) is 30.3 Å². The Balaban J connectivity index is 1.28. The molecule has 0 unspecified atom stereocenters. The summed E-state index contributed by atoms with van der Waals surface area (Å²) < 4.78 is 11.3. The Labute approximate surface area is 198 Å². The van der Waals surface area contributed by atoms with E-state index in [4.69, 9.17) is 9.47 Å². The molecule has 2 aromatic carbocycles. The standard InChI is InChI=1S/C26H29N3O3S/c1-20-27-24(19-33-20)18-32-25-5-3-2-4-22(25)8-11-26(30)28-23-9-6-21(7-10-23)12-13-29-14-16-31-17-15-29/h2-11,19H,12-18H2,1H3,(H,28,30)/b11-8+. The van der Waals surface area contributed by atoms with E-state index in [2.05, 4.69) is 27.3 Å². The molecule has 4 rings (SSSR count). The minimum Gasteiger partial charge on any atom is -0.487 e. The van der Waals surface area contributed by atoms with Gasteiger partial charge in [-0.15, -0.1) is 11.3 Å². The average molecular weight is 464 g/mol. The van der Waals surface area contributed by atoms with Crippen molar-refractivity contribution in [3.8, 4) is 5.75 Å². The lowest BCUT2D eigenvalue weighted by Crippen LogP contribution is -2.37. The number of aryl methyl sites for hydroxylation is 1. The summed E-state index contributed by atoms with van der Waals surface area (Å²) >= 11 is 1.60. The van der Waals surface area contributed by atoms with E-state index in [1.165, 1.54) is 11.6 Å². The number of aromatic nitrogens is 1. The molecule has 1 aromatic heterocycles. The monoisotopic (exact) mass is 463 g/mol. The van der Waals surface area contributed by atoms with Crippen molar-refractivity contribution in [3.05, 3.63) is 81.8 Å². The molecule has 1 saturated heterocycles. The highest BCUT2D eigenvalue weighted by atomic mass is 32.1. The number of thiazole rings is 1. The first kappa shape index (κ1) is 23.2. The maximum atomic E-state index is 12.4. The molecule has 1 N–H and O–H groups in total. The third-order valence-corrected chi connectivity index (χ3v) is 6.24. The van der Waals surface area contributed by atoms with Gasteiger partial charge in [-0.25, -0.2) is 4.98 Å². The first-order chi connectivity index (χ1) is 16.2. The SMILES string of the molecule is Cc1nc(COc2ccccc2/C=C/C(=O)Nc2ccc(CCN3CCOCC3)cc2)cs1. The number of amides is 1. The van der Waals surface area contributed by atoms with Crippen LogP contribution in [0.15, 0.2) is 60.0 Å². The van der Waals surface area contributed by atoms with E-state index in [1.54, 1.807) is 17.4 Å². The topological polar surface area (TPSA) is 63.7 Å². The third-order valence-electron chi connectivity index (χ3n) is 5.42. The van der Waals surface area contributed by atoms with Gasteiger partial charge in [-0.05, 0) is 43.2 Å². The molecular weight excluding hydrogens is 434 g/mol. The fraction of sp³-hybridized carbons (Fsp3) is 0.308. The van der Waals surface area contributed by atoms with Crippen LogP contribution in [0, 0.1) is 6.92 Å². The molecule has 1 fully saturated rings. The Morgan fingerprint density at radius 3 is 2.73 bits per heavy atom. The zero-order valence-electron chi connectivity index (χ0n) is 18.8. The van der Waals surface area contributed by atoms with Gasteiger partial charge in [0.1, 0.15) is 12.4 Å². The van der Waals surface area contributed by atoms with Crippen LogP contribution in [0.3, 0.4) is 0 Å². The molecule has 1 aliphatic rings. The number of rotatable bonds is 9. The smallest absolute Gasteiger partial charge is 0.248 e. The lowest BCUT2D eigenvalue weighted by Gasteiger charge is -2.26. The number of ether oxygens (including phenoxy) is 2. The van der Waals surface area contributed by atoms with Crippen LogP contribution in [0.2, 0.25) is 0 Å². The average Bonchev–Trinajstić information content (AvgIpc) is 3.27. The summed E-state index contributed by atoms with van der Waals surface area (Å²) in [6.07, 6.45) is 4.29. The fourth-order valence-corrected chi connectivity index (χ4v) is 4.19. The van der Waals surface area contributed by atoms with E-state index >= 15 is 0 Å². The minimum absolute atomic E-state index is 0.180. The highest BCUT2D eigenvalue weighted by Gasteiger charge is 2.10. The predicted octanol–water partition coefficient (Wildman–Crippen LogP) is 4.56. The van der Waals surface area contributed by atoms with E-state index in [9.17, 15) is 4.79 Å². The number of benzene rings is 2. The molecule has 7 heteroatoms. The van der Waals surface area contributed by atoms with Crippen LogP contribution in [0.4, 0.5) is 5.69 Å². The first-order valence-electron chi connectivity index (χ1n) is 11.2. The molecule has 172 valence electrons. The van der Waals surface area contributed by atoms with Gasteiger partial charge < -0.3 is 14.8 Å². The Kier molecular flexibility index (Phi) is 8.24. The molecule has 0 aliphatic carbocycles. The Morgan fingerprint density at radius 1 is 1.18 bits per heavy atom. The normalized spacial score (nSPS) is 14.5. The van der Waals surface area contributed by atoms with Crippen LogP contribution >= 0.6 is 11.3 Å². The van der Waals surface area contributed by atoms with Crippen molar-refractivity contribution < 1.29 is 14.3 Å². The Bertz CT molecular complexity index is 1070. The summed E-state index contributed by atoms with van der Waals surface area (Å²) in [5, 5.41) is 5.94. The van der Waals surface area contributed by atoms with Crippen LogP contribution < -0.4 is 10.1 Å². The zero-order chi connectivity index (χ0) is 22.9. The fourth-order valence-electron chi connectivity index (χ4n) is 3.59. The van der Waals surface area contributed by atoms with Gasteiger partial charge in [-0.2, -0.15) is 0 Å². The van der Waals surface area contributed by atoms with E-state index in [0.29, 0.717) is 6.61 Å². The molecule has 1 aliphatic heterocycles. The van der Waals surface area contributed by atoms with Gasteiger partial charge in [0.05, 0.1) is 23.9 Å². The van der Waals surface area contributed by atoms with Gasteiger partial charge in [-0.3, -0.25) is 9.69 Å². The Morgan fingerprint density at radius 2 is 1.97 bits per heavy atom. The highest BCUT2D eigenvalue weighted by molar-refractivity contribution is 7.09. The van der Waals surface area contributed by atoms with Gasteiger partial charge in [0.15, 0.2) is 0 Å². The van der Waals surface area contributed by atoms with Gasteiger partial charge in [0.25, 0.3) is 0 Å². The first-order valence-corrected chi connectivity index (χ1v) is 12.0. The molecule has 0 atom stereocenters. The molecule has 0 radical (unpaired) electrons. The zero-order valence-corrected chi connectivity index (χ0v) is 19.6. The minimum atomic E-state index is -0.180. The number of carbonyl (C=O) groups excluding carboxylic acids is 1. The van der Waals surface area contributed by atoms with Crippen molar-refractivity contribution in [2.24, 2.45) is 0 Å². The lowest BCUT2D eigenvalue weighted by atomic mass is 10.1. The summed E-state index contributed by atoms with van der Waals surface area (Å²) in [5.74, 6) is 0.540. The molecule has 0 bridgehead atoms. The number of nitrogens with zero attached hydrogens (tertiary/aromatic N) is 2. The van der Waals surface area contributed by atoms with E-state index in [1.807, 2.05) is 48.7 Å². The van der Waals surface area contributed by atoms with Crippen molar-refractivity contribution in [2.75, 3.05) is 38.2 Å². The predicted molar refractivity (Wildman–Crippen MR) is 133 cm³/mol. The van der Waals surface area contributed by atoms with Gasteiger partial charge in [0.2, 0.25) is 5.91 Å². The van der Waals surface area contributed by atoms with E-state index < -0.39 is 0 Å². The number of morpholine rings is 1. The Hall–Kier alpha value is -3.00. The second kappa shape index (κ2) is 11.7. The van der Waals surface area contributed by atoms with Crippen molar-refractivity contribution in [1.29, 1.82) is 0 Å². The number of nitrogens with one attached hydrogen (secondary N) is 1. The highest BCUT2D eigenvalue weighted by Crippen LogP contribution is 2.21. The maximum Gasteiger partial charge on any atom is 0.248 e. The number of hydrogen-bond acceptors (Lipinski definition) is 6. The quantitative estimate of drug-likeness (QED) is 0.472. The third kappa shape index (κ3) is 7.25. The number of carbonyl (C=O) groups is 1. The summed E-state index contributed by atoms with van der Waals surface area (Å²) in [5.41, 5.74) is 3.79. The lowest BCUT2D eigenvalue weighted by molar-refractivity contribution is -0.111. The largest absolute Gasteiger partial charge is 0.487 e. The number of hydrogen-bond donors (Lipinski definition) is 1. The van der Waals surface area contributed by atoms with Crippen LogP contribution in [0.1, 0.15) is 21.8 Å². The summed E-state index contributed by atoms with van der Waals surface area (Å²) in [4.78, 5) is 19.3. The van der Waals surface area contributed by atoms with Crippen molar-refractivity contribution in [3.63, 3.8) is 0 Å². The summed E-state index contributed by atoms with van der Waals surface area (Å²) in [6.45, 7) is 7.04. The van der Waals surface area contributed by atoms with Crippen LogP contribution in [-0.4, -0.2) is 48.6 Å². The van der Waals surface area contributed by atoms with E-state index in [-0.39, 0.29) is 5.91 Å². The second-order valence-corrected chi connectivity index (χ2v) is 8.97. The van der Waals surface area contributed by atoms with E-state index in [0.717, 1.165) is 67.0 Å². The van der Waals surface area contributed by atoms with Crippen LogP contribution in [-0.2, 0) is 22.6 Å². The summed E-state index contributed by atoms with van der Waals surface area (Å²) in [7, 11) is 0. The molecular formula is C26H29N3O3S.